The molecule has 0 atom stereocenters. The van der Waals surface area contributed by atoms with E-state index in [-0.39, 0.29) is 14.9 Å². The van der Waals surface area contributed by atoms with Gasteiger partial charge in [-0.15, -0.1) is 0 Å². The maximum Gasteiger partial charge on any atom is 0.202 e. The van der Waals surface area contributed by atoms with Gasteiger partial charge in [0.25, 0.3) is 0 Å². The van der Waals surface area contributed by atoms with Crippen LogP contribution >= 0.6 is 0 Å². The van der Waals surface area contributed by atoms with Crippen molar-refractivity contribution in [2.75, 3.05) is 93.3 Å². The molecular formula is C38H83N5O2+2. The van der Waals surface area contributed by atoms with E-state index in [1.165, 1.54) is 119 Å². The number of hydrogen-bond donors (Lipinski definition) is 0. The summed E-state index contributed by atoms with van der Waals surface area (Å²) in [6, 6.07) is 0. The van der Waals surface area contributed by atoms with Crippen LogP contribution in [0.15, 0.2) is 23.5 Å². The van der Waals surface area contributed by atoms with Crippen molar-refractivity contribution in [1.82, 2.24) is 4.90 Å². The molecule has 0 amide bonds. The molecule has 0 spiro atoms. The summed E-state index contributed by atoms with van der Waals surface area (Å²) in [6.45, 7) is 32.5. The molecule has 3 rings (SSSR count). The molecule has 1 fully saturated rings. The first-order chi connectivity index (χ1) is 20.5. The van der Waals surface area contributed by atoms with E-state index >= 15 is 0 Å². The lowest BCUT2D eigenvalue weighted by atomic mass is 9.96. The summed E-state index contributed by atoms with van der Waals surface area (Å²) >= 11 is 0. The summed E-state index contributed by atoms with van der Waals surface area (Å²) in [6.07, 6.45) is 14.5. The topological polar surface area (TPSA) is 38.8 Å². The van der Waals surface area contributed by atoms with Crippen LogP contribution in [-0.4, -0.2) is 118 Å². The number of rotatable bonds is 14. The molecule has 0 unspecified atom stereocenters. The number of quaternary nitrogens is 2. The Morgan fingerprint density at radius 3 is 1.87 bits per heavy atom. The summed E-state index contributed by atoms with van der Waals surface area (Å²) in [4.78, 5) is 7.18. The Bertz CT molecular complexity index is 757. The highest BCUT2D eigenvalue weighted by Gasteiger charge is 2.28. The molecule has 0 aromatic carbocycles. The molecule has 0 aliphatic carbocycles. The molecule has 7 heteroatoms. The molecule has 270 valence electrons. The van der Waals surface area contributed by atoms with Gasteiger partial charge < -0.3 is 23.4 Å². The standard InChI is InChI=1S/C10H22NO.C10H19N.C9H22N.C7H12N2O.2CH4/c1-3-5-11(6-4-2)7-9-12-10-8-11;1-4-9-6-7-11(3)8-10(9)5-2;1-5-7-9-10(3,4)8-6-2;1-3-4-5-9-6-7(2)10-8-9;;/h3-10H2,1-2H3;4-8H2,1-3H3;5-9H2,1-4H3;6H,2-5H2,1H3;2*1H4/q+1;;+1;;;. The second-order valence-electron chi connectivity index (χ2n) is 13.3. The van der Waals surface area contributed by atoms with Gasteiger partial charge >= 0.3 is 0 Å². The highest BCUT2D eigenvalue weighted by Crippen LogP contribution is 2.21. The Balaban J connectivity index is -0.000000517. The average Bonchev–Trinajstić information content (AvgIpc) is 3.41. The molecule has 3 aliphatic rings. The molecule has 0 saturated carbocycles. The minimum atomic E-state index is 0. The smallest absolute Gasteiger partial charge is 0.202 e. The number of morpholine rings is 1. The Morgan fingerprint density at radius 2 is 1.42 bits per heavy atom. The second-order valence-corrected chi connectivity index (χ2v) is 13.3. The van der Waals surface area contributed by atoms with Crippen molar-refractivity contribution in [2.24, 2.45) is 0 Å². The van der Waals surface area contributed by atoms with E-state index in [0.29, 0.717) is 5.76 Å². The van der Waals surface area contributed by atoms with Crippen LogP contribution in [0.2, 0.25) is 0 Å². The van der Waals surface area contributed by atoms with Crippen LogP contribution in [0.5, 0.6) is 0 Å². The van der Waals surface area contributed by atoms with Gasteiger partial charge in [0.2, 0.25) is 6.21 Å². The Kier molecular flexibility index (Phi) is 30.7. The highest BCUT2D eigenvalue weighted by molar-refractivity contribution is 5.71. The highest BCUT2D eigenvalue weighted by atomic mass is 16.7. The number of likely N-dealkylation sites (N-methyl/N-ethyl adjacent to an activating group) is 1. The van der Waals surface area contributed by atoms with E-state index in [1.54, 1.807) is 22.0 Å². The Morgan fingerprint density at radius 1 is 0.844 bits per heavy atom. The van der Waals surface area contributed by atoms with Crippen molar-refractivity contribution < 1.29 is 23.2 Å². The minimum Gasteiger partial charge on any atom is -0.501 e. The second kappa shape index (κ2) is 28.8. The average molecular weight is 642 g/mol. The molecule has 7 nitrogen and oxygen atoms in total. The first kappa shape index (κ1) is 48.0. The molecule has 3 heterocycles. The van der Waals surface area contributed by atoms with Crippen molar-refractivity contribution in [2.45, 2.75) is 128 Å². The van der Waals surface area contributed by atoms with Gasteiger partial charge in [-0.3, -0.25) is 5.59 Å². The van der Waals surface area contributed by atoms with Gasteiger partial charge in [0, 0.05) is 19.5 Å². The summed E-state index contributed by atoms with van der Waals surface area (Å²) < 4.78 is 9.68. The normalized spacial score (nSPS) is 17.4. The maximum atomic E-state index is 5.40. The maximum absolute atomic E-state index is 5.40. The Hall–Kier alpha value is -1.41. The molecule has 0 radical (unpaired) electrons. The van der Waals surface area contributed by atoms with E-state index in [9.17, 15) is 0 Å². The zero-order chi connectivity index (χ0) is 32.6. The third-order valence-electron chi connectivity index (χ3n) is 8.67. The van der Waals surface area contributed by atoms with Crippen LogP contribution in [0.3, 0.4) is 0 Å². The largest absolute Gasteiger partial charge is 0.501 e. The zero-order valence-electron chi connectivity index (χ0n) is 30.7. The van der Waals surface area contributed by atoms with Gasteiger partial charge in [0.1, 0.15) is 19.6 Å². The summed E-state index contributed by atoms with van der Waals surface area (Å²) in [5, 5.41) is 0. The number of hydrogen-bond acceptors (Lipinski definition) is 3. The minimum absolute atomic E-state index is 0. The third-order valence-corrected chi connectivity index (χ3v) is 8.67. The summed E-state index contributed by atoms with van der Waals surface area (Å²) in [5.41, 5.74) is 7.13. The fourth-order valence-corrected chi connectivity index (χ4v) is 6.09. The molecule has 0 N–H and O–H groups in total. The van der Waals surface area contributed by atoms with E-state index in [1.807, 2.05) is 0 Å². The van der Waals surface area contributed by atoms with Crippen LogP contribution in [-0.2, 0) is 9.57 Å². The number of nitrogens with zero attached hydrogens (tertiary/aromatic N) is 5. The number of ether oxygens (including phenoxy) is 1. The molecule has 3 aliphatic heterocycles. The van der Waals surface area contributed by atoms with Gasteiger partial charge in [-0.2, -0.15) is 0 Å². The van der Waals surface area contributed by atoms with Gasteiger partial charge in [-0.1, -0.05) is 93.9 Å². The van der Waals surface area contributed by atoms with Crippen LogP contribution in [0.4, 0.5) is 0 Å². The van der Waals surface area contributed by atoms with Crippen LogP contribution in [0.1, 0.15) is 128 Å². The van der Waals surface area contributed by atoms with Crippen molar-refractivity contribution in [3.05, 3.63) is 29.1 Å². The lowest BCUT2D eigenvalue weighted by molar-refractivity contribution is -0.935. The number of allylic oxidation sites excluding steroid dienone is 1. The fourth-order valence-electron chi connectivity index (χ4n) is 6.09. The van der Waals surface area contributed by atoms with Gasteiger partial charge in [0.15, 0.2) is 5.76 Å². The van der Waals surface area contributed by atoms with E-state index in [4.69, 9.17) is 9.57 Å². The predicted molar refractivity (Wildman–Crippen MR) is 201 cm³/mol. The van der Waals surface area contributed by atoms with Crippen molar-refractivity contribution >= 4 is 6.21 Å². The molecule has 1 saturated heterocycles. The van der Waals surface area contributed by atoms with Gasteiger partial charge in [-0.25, -0.2) is 4.68 Å². The monoisotopic (exact) mass is 642 g/mol. The quantitative estimate of drug-likeness (QED) is 0.108. The first-order valence-corrected chi connectivity index (χ1v) is 17.9. The zero-order valence-corrected chi connectivity index (χ0v) is 30.7. The molecule has 0 aromatic heterocycles. The lowest BCUT2D eigenvalue weighted by Gasteiger charge is -2.41. The summed E-state index contributed by atoms with van der Waals surface area (Å²) in [7, 11) is 6.85. The molecule has 0 bridgehead atoms. The van der Waals surface area contributed by atoms with Crippen LogP contribution in [0.25, 0.3) is 5.59 Å². The van der Waals surface area contributed by atoms with Crippen LogP contribution in [0, 0.1) is 0 Å². The summed E-state index contributed by atoms with van der Waals surface area (Å²) in [5.74, 6) is 0.621. The molecule has 45 heavy (non-hydrogen) atoms. The third kappa shape index (κ3) is 22.7. The number of unbranched alkanes of at least 4 members (excludes halogenated alkanes) is 2. The van der Waals surface area contributed by atoms with Crippen molar-refractivity contribution in [3.63, 3.8) is 0 Å². The SMILES string of the molecule is C.C.C=C1C=[N+](CCCC)[N-]O1.CCC1=C(CC)CN(C)CC1.CCCC[N+](C)(C)CCC.CCC[N+]1(CCC)CCOCC1. The van der Waals surface area contributed by atoms with Gasteiger partial charge in [-0.05, 0) is 52.0 Å². The molecular weight excluding hydrogens is 558 g/mol. The van der Waals surface area contributed by atoms with Crippen molar-refractivity contribution in [1.29, 1.82) is 0 Å². The van der Waals surface area contributed by atoms with Crippen LogP contribution < -0.4 is 0 Å². The molecule has 0 aromatic rings. The first-order valence-electron chi connectivity index (χ1n) is 17.9. The Labute approximate surface area is 283 Å². The lowest BCUT2D eigenvalue weighted by Crippen LogP contribution is -2.55. The van der Waals surface area contributed by atoms with E-state index in [0.717, 1.165) is 26.2 Å². The van der Waals surface area contributed by atoms with Gasteiger partial charge in [0.05, 0.1) is 53.5 Å². The fraction of sp³-hybridized carbons (Fsp3) is 0.868. The van der Waals surface area contributed by atoms with Crippen molar-refractivity contribution in [3.8, 4) is 0 Å². The van der Waals surface area contributed by atoms with E-state index < -0.39 is 0 Å². The van der Waals surface area contributed by atoms with E-state index in [2.05, 4.69) is 86.7 Å². The predicted octanol–water partition coefficient (Wildman–Crippen LogP) is 9.25.